The molecule has 0 atom stereocenters. The van der Waals surface area contributed by atoms with Crippen molar-refractivity contribution in [3.8, 4) is 23.8 Å². The zero-order valence-electron chi connectivity index (χ0n) is 19.9. The van der Waals surface area contributed by atoms with Crippen molar-refractivity contribution in [1.29, 1.82) is 0 Å². The first-order chi connectivity index (χ1) is 16.8. The molecule has 1 nitrogen and oxygen atoms in total. The molecule has 0 bridgehead atoms. The minimum Gasteiger partial charge on any atom is -0.346 e. The molecule has 0 spiro atoms. The SMILES string of the molecule is CC#Cc1ccc2c(c1)sc1c2ccc2c3ccc(C#CNCCCCCCCC)cc3sc21. The molecular weight excluding hydrogens is 450 g/mol. The second-order valence-electron chi connectivity index (χ2n) is 8.76. The van der Waals surface area contributed by atoms with E-state index in [0.717, 1.165) is 17.7 Å². The molecule has 170 valence electrons. The number of rotatable bonds is 7. The quantitative estimate of drug-likeness (QED) is 0.139. The summed E-state index contributed by atoms with van der Waals surface area (Å²) in [5, 5.41) is 8.61. The Bertz CT molecular complexity index is 1590. The topological polar surface area (TPSA) is 12.0 Å². The van der Waals surface area contributed by atoms with E-state index in [-0.39, 0.29) is 0 Å². The molecule has 0 aliphatic heterocycles. The van der Waals surface area contributed by atoms with Gasteiger partial charge in [0.25, 0.3) is 0 Å². The Morgan fingerprint density at radius 1 is 0.676 bits per heavy atom. The van der Waals surface area contributed by atoms with Gasteiger partial charge in [0.1, 0.15) is 0 Å². The second kappa shape index (κ2) is 10.5. The van der Waals surface area contributed by atoms with Crippen LogP contribution in [0.15, 0.2) is 48.5 Å². The summed E-state index contributed by atoms with van der Waals surface area (Å²) >= 11 is 3.77. The molecule has 2 aromatic heterocycles. The molecule has 0 aliphatic rings. The fourth-order valence-corrected chi connectivity index (χ4v) is 7.16. The summed E-state index contributed by atoms with van der Waals surface area (Å²) < 4.78 is 5.37. The summed E-state index contributed by atoms with van der Waals surface area (Å²) in [6.45, 7) is 5.12. The number of fused-ring (bicyclic) bond motifs is 7. The highest BCUT2D eigenvalue weighted by Crippen LogP contribution is 2.44. The van der Waals surface area contributed by atoms with Gasteiger partial charge in [0.05, 0.1) is 9.40 Å². The Kier molecular flexibility index (Phi) is 7.05. The van der Waals surface area contributed by atoms with Crippen LogP contribution < -0.4 is 5.32 Å². The first kappa shape index (κ1) is 22.8. The summed E-state index contributed by atoms with van der Waals surface area (Å²) in [4.78, 5) is 0. The van der Waals surface area contributed by atoms with Gasteiger partial charge in [0.2, 0.25) is 0 Å². The van der Waals surface area contributed by atoms with Crippen molar-refractivity contribution in [3.63, 3.8) is 0 Å². The lowest BCUT2D eigenvalue weighted by Crippen LogP contribution is -2.07. The van der Waals surface area contributed by atoms with Crippen molar-refractivity contribution in [2.24, 2.45) is 0 Å². The molecule has 0 amide bonds. The molecule has 0 radical (unpaired) electrons. The number of thiophene rings is 2. The Morgan fingerprint density at radius 3 is 1.85 bits per heavy atom. The summed E-state index contributed by atoms with van der Waals surface area (Å²) in [7, 11) is 0. The molecule has 0 aliphatic carbocycles. The lowest BCUT2D eigenvalue weighted by atomic mass is 10.1. The van der Waals surface area contributed by atoms with E-state index < -0.39 is 0 Å². The molecule has 0 saturated carbocycles. The predicted octanol–water partition coefficient (Wildman–Crippen LogP) is 9.05. The molecule has 0 unspecified atom stereocenters. The van der Waals surface area contributed by atoms with E-state index in [9.17, 15) is 0 Å². The van der Waals surface area contributed by atoms with Gasteiger partial charge >= 0.3 is 0 Å². The maximum atomic E-state index is 3.30. The van der Waals surface area contributed by atoms with Crippen LogP contribution in [0.1, 0.15) is 63.5 Å². The summed E-state index contributed by atoms with van der Waals surface area (Å²) in [6, 6.07) is 20.9. The van der Waals surface area contributed by atoms with Gasteiger partial charge in [0.15, 0.2) is 0 Å². The molecule has 5 aromatic rings. The maximum Gasteiger partial charge on any atom is 0.0534 e. The maximum absolute atomic E-state index is 3.30. The normalized spacial score (nSPS) is 11.0. The van der Waals surface area contributed by atoms with Crippen LogP contribution in [0.5, 0.6) is 0 Å². The Hall–Kier alpha value is -2.98. The molecule has 5 rings (SSSR count). The molecule has 0 fully saturated rings. The first-order valence-electron chi connectivity index (χ1n) is 12.3. The third-order valence-corrected chi connectivity index (χ3v) is 8.80. The third-order valence-electron chi connectivity index (χ3n) is 6.30. The van der Waals surface area contributed by atoms with Crippen molar-refractivity contribution in [1.82, 2.24) is 5.32 Å². The van der Waals surface area contributed by atoms with E-state index in [4.69, 9.17) is 0 Å². The van der Waals surface area contributed by atoms with E-state index in [1.807, 2.05) is 29.6 Å². The van der Waals surface area contributed by atoms with Crippen molar-refractivity contribution in [3.05, 3.63) is 59.7 Å². The number of hydrogen-bond acceptors (Lipinski definition) is 3. The molecule has 3 heteroatoms. The second-order valence-corrected chi connectivity index (χ2v) is 10.9. The highest BCUT2D eigenvalue weighted by molar-refractivity contribution is 7.33. The van der Waals surface area contributed by atoms with Crippen LogP contribution in [-0.2, 0) is 0 Å². The average Bonchev–Trinajstić information content (AvgIpc) is 3.40. The van der Waals surface area contributed by atoms with Crippen molar-refractivity contribution >= 4 is 63.0 Å². The monoisotopic (exact) mass is 479 g/mol. The van der Waals surface area contributed by atoms with Gasteiger partial charge in [-0.2, -0.15) is 0 Å². The highest BCUT2D eigenvalue weighted by Gasteiger charge is 2.13. The van der Waals surface area contributed by atoms with Crippen LogP contribution >= 0.6 is 22.7 Å². The van der Waals surface area contributed by atoms with Gasteiger partial charge in [-0.15, -0.1) is 28.6 Å². The van der Waals surface area contributed by atoms with Crippen molar-refractivity contribution in [2.75, 3.05) is 6.54 Å². The number of benzene rings is 3. The molecule has 3 aromatic carbocycles. The molecule has 0 saturated heterocycles. The average molecular weight is 480 g/mol. The minimum atomic E-state index is 0.972. The zero-order chi connectivity index (χ0) is 23.3. The summed E-state index contributed by atoms with van der Waals surface area (Å²) in [6.07, 6.45) is 7.86. The van der Waals surface area contributed by atoms with Crippen LogP contribution in [0, 0.1) is 23.8 Å². The van der Waals surface area contributed by atoms with Crippen molar-refractivity contribution in [2.45, 2.75) is 52.4 Å². The fourth-order valence-electron chi connectivity index (χ4n) is 4.54. The van der Waals surface area contributed by atoms with Crippen LogP contribution in [0.3, 0.4) is 0 Å². The van der Waals surface area contributed by atoms with Crippen molar-refractivity contribution < 1.29 is 0 Å². The summed E-state index contributed by atoms with van der Waals surface area (Å²) in [5.74, 6) is 9.50. The predicted molar refractivity (Wildman–Crippen MR) is 153 cm³/mol. The van der Waals surface area contributed by atoms with Gasteiger partial charge in [-0.1, -0.05) is 69.2 Å². The van der Waals surface area contributed by atoms with Gasteiger partial charge in [-0.3, -0.25) is 0 Å². The molecule has 1 N–H and O–H groups in total. The van der Waals surface area contributed by atoms with Gasteiger partial charge in [-0.25, -0.2) is 0 Å². The van der Waals surface area contributed by atoms with E-state index in [0.29, 0.717) is 0 Å². The van der Waals surface area contributed by atoms with E-state index in [2.05, 4.69) is 84.6 Å². The van der Waals surface area contributed by atoms with Crippen LogP contribution in [-0.4, -0.2) is 6.54 Å². The van der Waals surface area contributed by atoms with Crippen LogP contribution in [0.25, 0.3) is 40.3 Å². The fraction of sp³-hybridized carbons (Fsp3) is 0.290. The van der Waals surface area contributed by atoms with Gasteiger partial charge < -0.3 is 5.32 Å². The van der Waals surface area contributed by atoms with Crippen LogP contribution in [0.4, 0.5) is 0 Å². The smallest absolute Gasteiger partial charge is 0.0534 e. The van der Waals surface area contributed by atoms with E-state index in [1.165, 1.54) is 78.9 Å². The van der Waals surface area contributed by atoms with Gasteiger partial charge in [0, 0.05) is 54.7 Å². The highest BCUT2D eigenvalue weighted by atomic mass is 32.1. The minimum absolute atomic E-state index is 0.972. The molecular formula is C31H29NS2. The van der Waals surface area contributed by atoms with E-state index in [1.54, 1.807) is 0 Å². The van der Waals surface area contributed by atoms with Crippen LogP contribution in [0.2, 0.25) is 0 Å². The molecule has 2 heterocycles. The summed E-state index contributed by atoms with van der Waals surface area (Å²) in [5.41, 5.74) is 2.16. The number of nitrogens with one attached hydrogen (secondary N) is 1. The zero-order valence-corrected chi connectivity index (χ0v) is 21.5. The standard InChI is InChI=1S/C31H29NS2/c1-3-5-6-7-8-9-18-32-19-17-23-12-14-25-27-16-15-26-24-13-11-22(10-4-2)20-28(24)33-30(26)31(27)34-29(25)21-23/h11-16,20-21,32H,3,5-9,18H2,1-2H3. The lowest BCUT2D eigenvalue weighted by molar-refractivity contribution is 0.600. The Labute approximate surface area is 210 Å². The first-order valence-corrected chi connectivity index (χ1v) is 13.9. The molecule has 34 heavy (non-hydrogen) atoms. The number of hydrogen-bond donors (Lipinski definition) is 1. The lowest BCUT2D eigenvalue weighted by Gasteiger charge is -1.99. The third kappa shape index (κ3) is 4.65. The largest absolute Gasteiger partial charge is 0.346 e. The van der Waals surface area contributed by atoms with Gasteiger partial charge in [-0.05, 0) is 43.5 Å². The number of unbranched alkanes of at least 4 members (excludes halogenated alkanes) is 5. The Balaban J connectivity index is 1.39. The Morgan fingerprint density at radius 2 is 1.24 bits per heavy atom. The van der Waals surface area contributed by atoms with E-state index >= 15 is 0 Å².